The zero-order valence-electron chi connectivity index (χ0n) is 11.8. The molecule has 20 heavy (non-hydrogen) atoms. The van der Waals surface area contributed by atoms with Gasteiger partial charge in [-0.15, -0.1) is 24.0 Å². The highest BCUT2D eigenvalue weighted by molar-refractivity contribution is 14.0. The van der Waals surface area contributed by atoms with Gasteiger partial charge in [0.2, 0.25) is 0 Å². The fourth-order valence-electron chi connectivity index (χ4n) is 1.56. The summed E-state index contributed by atoms with van der Waals surface area (Å²) in [6.45, 7) is 4.73. The number of aryl methyl sites for hydroxylation is 1. The molecule has 0 saturated heterocycles. The van der Waals surface area contributed by atoms with Crippen LogP contribution >= 0.6 is 24.0 Å². The molecule has 1 rings (SSSR count). The Balaban J connectivity index is 0.00000361. The maximum Gasteiger partial charge on any atom is 0.188 e. The Labute approximate surface area is 136 Å². The minimum atomic E-state index is 0. The molecule has 0 aliphatic heterocycles. The first-order chi connectivity index (χ1) is 9.08. The van der Waals surface area contributed by atoms with Gasteiger partial charge in [0.1, 0.15) is 11.6 Å². The van der Waals surface area contributed by atoms with E-state index in [0.717, 1.165) is 18.5 Å². The van der Waals surface area contributed by atoms with Crippen LogP contribution in [0, 0.1) is 11.3 Å². The lowest BCUT2D eigenvalue weighted by atomic mass is 10.1. The maximum atomic E-state index is 8.91. The number of nitrogen functional groups attached to an aromatic ring is 1. The Morgan fingerprint density at radius 2 is 2.30 bits per heavy atom. The van der Waals surface area contributed by atoms with Crippen molar-refractivity contribution in [3.05, 3.63) is 11.3 Å². The number of hydrogen-bond donors (Lipinski definition) is 4. The number of halogens is 1. The number of aromatic amines is 1. The van der Waals surface area contributed by atoms with Gasteiger partial charge in [0.25, 0.3) is 0 Å². The summed E-state index contributed by atoms with van der Waals surface area (Å²) in [5.41, 5.74) is 12.5. The number of nitriles is 1. The number of anilines is 1. The van der Waals surface area contributed by atoms with E-state index in [2.05, 4.69) is 34.4 Å². The summed E-state index contributed by atoms with van der Waals surface area (Å²) in [6, 6.07) is 2.36. The van der Waals surface area contributed by atoms with Gasteiger partial charge >= 0.3 is 0 Å². The normalized spacial score (nSPS) is 12.3. The average molecular weight is 391 g/mol. The Morgan fingerprint density at radius 1 is 1.60 bits per heavy atom. The first-order valence-electron chi connectivity index (χ1n) is 6.37. The first kappa shape index (κ1) is 18.5. The molecule has 8 heteroatoms. The summed E-state index contributed by atoms with van der Waals surface area (Å²) >= 11 is 0. The molecule has 0 aromatic carbocycles. The third kappa shape index (κ3) is 5.64. The van der Waals surface area contributed by atoms with Gasteiger partial charge in [0.05, 0.1) is 5.69 Å². The van der Waals surface area contributed by atoms with Gasteiger partial charge in [-0.05, 0) is 26.2 Å². The van der Waals surface area contributed by atoms with Crippen molar-refractivity contribution in [3.63, 3.8) is 0 Å². The van der Waals surface area contributed by atoms with Gasteiger partial charge in [-0.2, -0.15) is 10.4 Å². The molecule has 1 aromatic rings. The number of H-pyrrole nitrogens is 1. The standard InChI is InChI=1S/C12H21N7.HI/c1-3-8(2)17-12(15)16-6-4-5-10-9(7-13)11(14)19-18-10;/h8H,3-6H2,1-2H3,(H3,14,18,19)(H3,15,16,17);1H. The monoisotopic (exact) mass is 391 g/mol. The molecule has 6 N–H and O–H groups in total. The van der Waals surface area contributed by atoms with Gasteiger partial charge < -0.3 is 16.8 Å². The summed E-state index contributed by atoms with van der Waals surface area (Å²) < 4.78 is 0. The Bertz CT molecular complexity index is 475. The molecule has 0 bridgehead atoms. The highest BCUT2D eigenvalue weighted by atomic mass is 127. The van der Waals surface area contributed by atoms with E-state index in [-0.39, 0.29) is 29.8 Å². The SMILES string of the molecule is CCC(C)NC(N)=NCCCc1[nH]nc(N)c1C#N.I. The maximum absolute atomic E-state index is 8.91. The van der Waals surface area contributed by atoms with Gasteiger partial charge in [-0.3, -0.25) is 10.1 Å². The Morgan fingerprint density at radius 3 is 2.90 bits per heavy atom. The van der Waals surface area contributed by atoms with Gasteiger partial charge in [-0.1, -0.05) is 6.92 Å². The first-order valence-corrected chi connectivity index (χ1v) is 6.37. The molecule has 1 heterocycles. The van der Waals surface area contributed by atoms with E-state index in [1.807, 2.05) is 6.07 Å². The molecule has 1 unspecified atom stereocenters. The third-order valence-corrected chi connectivity index (χ3v) is 2.85. The van der Waals surface area contributed by atoms with Crippen LogP contribution in [0.5, 0.6) is 0 Å². The zero-order chi connectivity index (χ0) is 14.3. The molecule has 1 aromatic heterocycles. The number of rotatable bonds is 6. The topological polar surface area (TPSA) is 129 Å². The summed E-state index contributed by atoms with van der Waals surface area (Å²) in [6.07, 6.45) is 2.45. The number of aromatic nitrogens is 2. The molecule has 0 spiro atoms. The second-order valence-electron chi connectivity index (χ2n) is 4.40. The average Bonchev–Trinajstić information content (AvgIpc) is 2.75. The number of guanidine groups is 1. The van der Waals surface area contributed by atoms with Crippen molar-refractivity contribution in [1.82, 2.24) is 15.5 Å². The van der Waals surface area contributed by atoms with Crippen molar-refractivity contribution >= 4 is 35.8 Å². The van der Waals surface area contributed by atoms with Crippen LogP contribution in [-0.4, -0.2) is 28.7 Å². The van der Waals surface area contributed by atoms with E-state index in [1.165, 1.54) is 0 Å². The Kier molecular flexibility index (Phi) is 8.71. The molecule has 0 aliphatic carbocycles. The second-order valence-corrected chi connectivity index (χ2v) is 4.40. The van der Waals surface area contributed by atoms with Crippen LogP contribution in [0.15, 0.2) is 4.99 Å². The minimum Gasteiger partial charge on any atom is -0.381 e. The van der Waals surface area contributed by atoms with Gasteiger partial charge in [0, 0.05) is 12.6 Å². The van der Waals surface area contributed by atoms with E-state index in [4.69, 9.17) is 16.7 Å². The number of nitrogens with zero attached hydrogens (tertiary/aromatic N) is 3. The van der Waals surface area contributed by atoms with Crippen molar-refractivity contribution in [2.75, 3.05) is 12.3 Å². The largest absolute Gasteiger partial charge is 0.381 e. The number of nitrogens with two attached hydrogens (primary N) is 2. The molecule has 0 radical (unpaired) electrons. The third-order valence-electron chi connectivity index (χ3n) is 2.85. The molecule has 0 amide bonds. The van der Waals surface area contributed by atoms with E-state index in [1.54, 1.807) is 0 Å². The quantitative estimate of drug-likeness (QED) is 0.250. The van der Waals surface area contributed by atoms with Crippen LogP contribution in [0.4, 0.5) is 5.82 Å². The number of nitrogens with one attached hydrogen (secondary N) is 2. The lowest BCUT2D eigenvalue weighted by Crippen LogP contribution is -2.38. The zero-order valence-corrected chi connectivity index (χ0v) is 14.1. The molecular formula is C12H22IN7. The van der Waals surface area contributed by atoms with E-state index < -0.39 is 0 Å². The highest BCUT2D eigenvalue weighted by Gasteiger charge is 2.09. The summed E-state index contributed by atoms with van der Waals surface area (Å²) in [4.78, 5) is 4.22. The number of aliphatic imine (C=N–C) groups is 1. The van der Waals surface area contributed by atoms with Gasteiger partial charge in [0.15, 0.2) is 11.8 Å². The smallest absolute Gasteiger partial charge is 0.188 e. The van der Waals surface area contributed by atoms with Crippen LogP contribution in [0.2, 0.25) is 0 Å². The van der Waals surface area contributed by atoms with Crippen molar-refractivity contribution in [1.29, 1.82) is 5.26 Å². The van der Waals surface area contributed by atoms with Crippen LogP contribution in [-0.2, 0) is 6.42 Å². The predicted octanol–water partition coefficient (Wildman–Crippen LogP) is 1.12. The molecule has 1 atom stereocenters. The van der Waals surface area contributed by atoms with Crippen LogP contribution in [0.3, 0.4) is 0 Å². The van der Waals surface area contributed by atoms with Crippen LogP contribution in [0.1, 0.15) is 37.9 Å². The Hall–Kier alpha value is -1.50. The van der Waals surface area contributed by atoms with Crippen molar-refractivity contribution in [3.8, 4) is 6.07 Å². The second kappa shape index (κ2) is 9.41. The van der Waals surface area contributed by atoms with Gasteiger partial charge in [-0.25, -0.2) is 0 Å². The van der Waals surface area contributed by atoms with Crippen molar-refractivity contribution < 1.29 is 0 Å². The van der Waals surface area contributed by atoms with E-state index in [0.29, 0.717) is 30.5 Å². The fraction of sp³-hybridized carbons (Fsp3) is 0.583. The van der Waals surface area contributed by atoms with Crippen LogP contribution in [0.25, 0.3) is 0 Å². The summed E-state index contributed by atoms with van der Waals surface area (Å²) in [5, 5.41) is 18.6. The minimum absolute atomic E-state index is 0. The van der Waals surface area contributed by atoms with E-state index in [9.17, 15) is 0 Å². The lowest BCUT2D eigenvalue weighted by Gasteiger charge is -2.11. The molecular weight excluding hydrogens is 369 g/mol. The van der Waals surface area contributed by atoms with Crippen LogP contribution < -0.4 is 16.8 Å². The highest BCUT2D eigenvalue weighted by Crippen LogP contribution is 2.13. The number of hydrogen-bond acceptors (Lipinski definition) is 4. The molecule has 7 nitrogen and oxygen atoms in total. The molecule has 112 valence electrons. The molecule has 0 saturated carbocycles. The van der Waals surface area contributed by atoms with Crippen molar-refractivity contribution in [2.24, 2.45) is 10.7 Å². The predicted molar refractivity (Wildman–Crippen MR) is 90.8 cm³/mol. The van der Waals surface area contributed by atoms with E-state index >= 15 is 0 Å². The molecule has 0 fully saturated rings. The molecule has 0 aliphatic rings. The summed E-state index contributed by atoms with van der Waals surface area (Å²) in [7, 11) is 0. The van der Waals surface area contributed by atoms with Crippen molar-refractivity contribution in [2.45, 2.75) is 39.2 Å². The fourth-order valence-corrected chi connectivity index (χ4v) is 1.56. The lowest BCUT2D eigenvalue weighted by molar-refractivity contribution is 0.635. The summed E-state index contributed by atoms with van der Waals surface area (Å²) in [5.74, 6) is 0.706.